The summed E-state index contributed by atoms with van der Waals surface area (Å²) in [5.74, 6) is 19.0. The van der Waals surface area contributed by atoms with Gasteiger partial charge in [-0.2, -0.15) is 0 Å². The van der Waals surface area contributed by atoms with Gasteiger partial charge < -0.3 is 10.2 Å². The molecule has 1 aliphatic rings. The average Bonchev–Trinajstić information content (AvgIpc) is 3.02. The van der Waals surface area contributed by atoms with Gasteiger partial charge in [-0.05, 0) is 42.5 Å². The van der Waals surface area contributed by atoms with Crippen molar-refractivity contribution in [2.45, 2.75) is 11.2 Å². The van der Waals surface area contributed by atoms with E-state index in [-0.39, 0.29) is 0 Å². The molecule has 0 amide bonds. The first-order valence-electron chi connectivity index (χ1n) is 13.0. The summed E-state index contributed by atoms with van der Waals surface area (Å²) >= 11 is 0. The minimum atomic E-state index is -1.75. The van der Waals surface area contributed by atoms with Crippen LogP contribution in [0.4, 0.5) is 0 Å². The third kappa shape index (κ3) is 4.58. The van der Waals surface area contributed by atoms with Crippen LogP contribution >= 0.6 is 0 Å². The maximum Gasteiger partial charge on any atom is 0.179 e. The van der Waals surface area contributed by atoms with Gasteiger partial charge >= 0.3 is 0 Å². The molecule has 2 N–H and O–H groups in total. The summed E-state index contributed by atoms with van der Waals surface area (Å²) in [4.78, 5) is 0. The molecule has 0 aromatic heterocycles. The lowest BCUT2D eigenvalue weighted by atomic mass is 9.66. The van der Waals surface area contributed by atoms with Crippen LogP contribution in [0.25, 0.3) is 0 Å². The Morgan fingerprint density at radius 1 is 0.375 bits per heavy atom. The number of fused-ring (bicyclic) bond motifs is 2. The standard InChI is InChI=1S/C38H24O2/c39-37(27-25-30-15-6-2-7-16-30)33-20-10-11-21-34(33)38(40,28-26-31-17-8-3-9-18-31)36-32(19-12-22-35(36)37)24-23-29-13-4-1-5-14-29/h1-22,39-40H/t37-,38+/m0/s1. The molecule has 0 heterocycles. The van der Waals surface area contributed by atoms with E-state index in [1.807, 2.05) is 115 Å². The average molecular weight is 513 g/mol. The van der Waals surface area contributed by atoms with Gasteiger partial charge in [-0.25, -0.2) is 0 Å². The Bertz CT molecular complexity index is 1880. The van der Waals surface area contributed by atoms with Gasteiger partial charge in [-0.1, -0.05) is 127 Å². The van der Waals surface area contributed by atoms with Crippen molar-refractivity contribution in [3.05, 3.63) is 178 Å². The summed E-state index contributed by atoms with van der Waals surface area (Å²) in [6.45, 7) is 0. The molecular formula is C38H24O2. The molecule has 0 aliphatic heterocycles. The summed E-state index contributed by atoms with van der Waals surface area (Å²) in [5.41, 5.74) is 1.37. The number of hydrogen-bond donors (Lipinski definition) is 2. The van der Waals surface area contributed by atoms with Gasteiger partial charge in [0.1, 0.15) is 0 Å². The van der Waals surface area contributed by atoms with E-state index in [4.69, 9.17) is 0 Å². The molecule has 0 fully saturated rings. The van der Waals surface area contributed by atoms with Gasteiger partial charge in [0.2, 0.25) is 0 Å². The van der Waals surface area contributed by atoms with Crippen molar-refractivity contribution in [2.75, 3.05) is 0 Å². The molecule has 5 aromatic rings. The van der Waals surface area contributed by atoms with Crippen LogP contribution in [0, 0.1) is 35.5 Å². The van der Waals surface area contributed by atoms with Crippen molar-refractivity contribution < 1.29 is 10.2 Å². The minimum absolute atomic E-state index is 0.436. The minimum Gasteiger partial charge on any atom is -0.369 e. The molecule has 188 valence electrons. The molecule has 6 rings (SSSR count). The molecule has 2 nitrogen and oxygen atoms in total. The van der Waals surface area contributed by atoms with Crippen molar-refractivity contribution in [2.24, 2.45) is 0 Å². The predicted molar refractivity (Wildman–Crippen MR) is 158 cm³/mol. The first-order valence-corrected chi connectivity index (χ1v) is 13.0. The van der Waals surface area contributed by atoms with E-state index in [9.17, 15) is 10.2 Å². The van der Waals surface area contributed by atoms with Gasteiger partial charge in [-0.3, -0.25) is 0 Å². The molecule has 0 bridgehead atoms. The zero-order chi connectivity index (χ0) is 27.4. The molecule has 1 aliphatic carbocycles. The fourth-order valence-electron chi connectivity index (χ4n) is 5.04. The second kappa shape index (κ2) is 10.5. The van der Waals surface area contributed by atoms with E-state index in [1.165, 1.54) is 0 Å². The molecule has 40 heavy (non-hydrogen) atoms. The lowest BCUT2D eigenvalue weighted by molar-refractivity contribution is 0.0942. The first-order chi connectivity index (χ1) is 19.6. The highest BCUT2D eigenvalue weighted by Gasteiger charge is 2.49. The van der Waals surface area contributed by atoms with Gasteiger partial charge in [0.05, 0.1) is 0 Å². The van der Waals surface area contributed by atoms with E-state index in [0.717, 1.165) is 16.7 Å². The van der Waals surface area contributed by atoms with E-state index in [2.05, 4.69) is 35.5 Å². The van der Waals surface area contributed by atoms with Crippen LogP contribution in [0.1, 0.15) is 44.5 Å². The molecule has 0 saturated carbocycles. The van der Waals surface area contributed by atoms with Crippen LogP contribution in [-0.2, 0) is 11.2 Å². The molecule has 5 aromatic carbocycles. The Kier molecular flexibility index (Phi) is 6.54. The highest BCUT2D eigenvalue weighted by molar-refractivity contribution is 5.68. The summed E-state index contributed by atoms with van der Waals surface area (Å²) in [6.07, 6.45) is 0. The van der Waals surface area contributed by atoms with Crippen LogP contribution < -0.4 is 0 Å². The van der Waals surface area contributed by atoms with Gasteiger partial charge in [0.25, 0.3) is 0 Å². The molecule has 0 radical (unpaired) electrons. The first kappa shape index (κ1) is 25.0. The summed E-state index contributed by atoms with van der Waals surface area (Å²) < 4.78 is 0. The SMILES string of the molecule is O[C@@]1(C#Cc2ccccc2)c2ccccc2[C@](O)(C#Cc2ccccc2)c2c(C#Cc3ccccc3)cccc21. The highest BCUT2D eigenvalue weighted by Crippen LogP contribution is 2.48. The quantitative estimate of drug-likeness (QED) is 0.251. The molecule has 0 spiro atoms. The van der Waals surface area contributed by atoms with Crippen molar-refractivity contribution in [3.8, 4) is 35.5 Å². The van der Waals surface area contributed by atoms with Crippen LogP contribution in [-0.4, -0.2) is 10.2 Å². The Morgan fingerprint density at radius 3 is 1.35 bits per heavy atom. The van der Waals surface area contributed by atoms with Crippen LogP contribution in [0.5, 0.6) is 0 Å². The second-order valence-electron chi connectivity index (χ2n) is 9.54. The fourth-order valence-corrected chi connectivity index (χ4v) is 5.04. The smallest absolute Gasteiger partial charge is 0.179 e. The Balaban J connectivity index is 1.64. The monoisotopic (exact) mass is 512 g/mol. The van der Waals surface area contributed by atoms with Gasteiger partial charge in [0.15, 0.2) is 11.2 Å². The Morgan fingerprint density at radius 2 is 0.800 bits per heavy atom. The normalized spacial score (nSPS) is 18.4. The Labute approximate surface area is 234 Å². The third-order valence-electron chi connectivity index (χ3n) is 6.96. The summed E-state index contributed by atoms with van der Waals surface area (Å²) in [5, 5.41) is 24.9. The maximum atomic E-state index is 12.5. The molecular weight excluding hydrogens is 488 g/mol. The zero-order valence-electron chi connectivity index (χ0n) is 21.6. The lowest BCUT2D eigenvalue weighted by Gasteiger charge is -2.40. The van der Waals surface area contributed by atoms with Crippen LogP contribution in [0.15, 0.2) is 133 Å². The van der Waals surface area contributed by atoms with Crippen molar-refractivity contribution in [1.29, 1.82) is 0 Å². The molecule has 2 heteroatoms. The molecule has 0 saturated heterocycles. The van der Waals surface area contributed by atoms with Crippen LogP contribution in [0.2, 0.25) is 0 Å². The van der Waals surface area contributed by atoms with Crippen molar-refractivity contribution in [3.63, 3.8) is 0 Å². The predicted octanol–water partition coefficient (Wildman–Crippen LogP) is 5.98. The van der Waals surface area contributed by atoms with E-state index in [0.29, 0.717) is 27.8 Å². The van der Waals surface area contributed by atoms with Crippen molar-refractivity contribution in [1.82, 2.24) is 0 Å². The van der Waals surface area contributed by atoms with Gasteiger partial charge in [0, 0.05) is 44.5 Å². The van der Waals surface area contributed by atoms with Gasteiger partial charge in [-0.15, -0.1) is 0 Å². The highest BCUT2D eigenvalue weighted by atomic mass is 16.3. The third-order valence-corrected chi connectivity index (χ3v) is 6.96. The van der Waals surface area contributed by atoms with Crippen molar-refractivity contribution >= 4 is 0 Å². The summed E-state index contributed by atoms with van der Waals surface area (Å²) in [7, 11) is 0. The number of benzene rings is 5. The molecule has 2 atom stereocenters. The maximum absolute atomic E-state index is 12.5. The Hall–Kier alpha value is -5.30. The zero-order valence-corrected chi connectivity index (χ0v) is 21.6. The van der Waals surface area contributed by atoms with E-state index < -0.39 is 11.2 Å². The number of aliphatic hydroxyl groups is 2. The largest absolute Gasteiger partial charge is 0.369 e. The number of rotatable bonds is 0. The number of hydrogen-bond acceptors (Lipinski definition) is 2. The van der Waals surface area contributed by atoms with E-state index >= 15 is 0 Å². The van der Waals surface area contributed by atoms with Crippen LogP contribution in [0.3, 0.4) is 0 Å². The molecule has 0 unspecified atom stereocenters. The topological polar surface area (TPSA) is 40.5 Å². The second-order valence-corrected chi connectivity index (χ2v) is 9.54. The lowest BCUT2D eigenvalue weighted by Crippen LogP contribution is -2.42. The fraction of sp³-hybridized carbons (Fsp3) is 0.0526. The summed E-state index contributed by atoms with van der Waals surface area (Å²) in [6, 6.07) is 41.5. The van der Waals surface area contributed by atoms with E-state index in [1.54, 1.807) is 18.2 Å².